The largest absolute Gasteiger partial charge is 0.309 e. The highest BCUT2D eigenvalue weighted by Crippen LogP contribution is 2.43. The van der Waals surface area contributed by atoms with Gasteiger partial charge >= 0.3 is 0 Å². The minimum Gasteiger partial charge on any atom is -0.309 e. The molecule has 0 radical (unpaired) electrons. The standard InChI is InChI=1S/C46H26N4S/c1-5-13-38-31(9-1)35-23-28(29-24-36-32-10-2-6-14-39(32)50-40-15-7-3-11-33(40)37(25-29)45(36)50)19-22-41(35)49(38)30-20-17-27(18-21-30)46-47-26-43-44(48-46)34-12-4-8-16-42(34)51-43/h1-26H. The zero-order chi connectivity index (χ0) is 33.2. The molecule has 0 aliphatic carbocycles. The topological polar surface area (TPSA) is 35.1 Å². The molecule has 0 aliphatic rings. The van der Waals surface area contributed by atoms with Crippen LogP contribution in [0.5, 0.6) is 0 Å². The molecule has 5 aromatic heterocycles. The van der Waals surface area contributed by atoms with E-state index in [-0.39, 0.29) is 0 Å². The lowest BCUT2D eigenvalue weighted by atomic mass is 9.98. The molecule has 0 fully saturated rings. The van der Waals surface area contributed by atoms with Crippen LogP contribution in [-0.4, -0.2) is 18.9 Å². The average Bonchev–Trinajstić information content (AvgIpc) is 3.93. The second kappa shape index (κ2) is 10.0. The fourth-order valence-corrected chi connectivity index (χ4v) is 9.47. The van der Waals surface area contributed by atoms with E-state index in [0.717, 1.165) is 27.3 Å². The van der Waals surface area contributed by atoms with E-state index in [1.807, 2.05) is 6.20 Å². The highest BCUT2D eigenvalue weighted by molar-refractivity contribution is 7.25. The molecule has 5 heterocycles. The van der Waals surface area contributed by atoms with E-state index < -0.39 is 0 Å². The maximum Gasteiger partial charge on any atom is 0.159 e. The van der Waals surface area contributed by atoms with Crippen LogP contribution in [-0.2, 0) is 0 Å². The summed E-state index contributed by atoms with van der Waals surface area (Å²) in [5.41, 5.74) is 11.8. The summed E-state index contributed by atoms with van der Waals surface area (Å²) in [5.74, 6) is 0.746. The summed E-state index contributed by atoms with van der Waals surface area (Å²) in [6.07, 6.45) is 1.96. The summed E-state index contributed by atoms with van der Waals surface area (Å²) in [7, 11) is 0. The summed E-state index contributed by atoms with van der Waals surface area (Å²) in [6, 6.07) is 55.2. The Morgan fingerprint density at radius 1 is 0.431 bits per heavy atom. The zero-order valence-electron chi connectivity index (χ0n) is 27.2. The van der Waals surface area contributed by atoms with Gasteiger partial charge in [0, 0.05) is 59.9 Å². The van der Waals surface area contributed by atoms with Crippen molar-refractivity contribution in [3.63, 3.8) is 0 Å². The Bertz CT molecular complexity index is 3280. The van der Waals surface area contributed by atoms with Gasteiger partial charge in [-0.3, -0.25) is 0 Å². The third-order valence-electron chi connectivity index (χ3n) is 10.7. The molecular formula is C46H26N4S. The van der Waals surface area contributed by atoms with Crippen LogP contribution in [0.4, 0.5) is 0 Å². The molecule has 0 unspecified atom stereocenters. The molecule has 5 heteroatoms. The number of hydrogen-bond donors (Lipinski definition) is 0. The maximum atomic E-state index is 5.02. The van der Waals surface area contributed by atoms with Crippen molar-refractivity contribution in [3.05, 3.63) is 158 Å². The first kappa shape index (κ1) is 27.3. The normalized spacial score (nSPS) is 12.3. The highest BCUT2D eigenvalue weighted by Gasteiger charge is 2.20. The van der Waals surface area contributed by atoms with Gasteiger partial charge in [-0.05, 0) is 83.9 Å². The van der Waals surface area contributed by atoms with Gasteiger partial charge in [-0.15, -0.1) is 11.3 Å². The van der Waals surface area contributed by atoms with E-state index in [1.54, 1.807) is 11.3 Å². The molecule has 4 nitrogen and oxygen atoms in total. The molecule has 0 amide bonds. The number of thiophene rings is 1. The van der Waals surface area contributed by atoms with Gasteiger partial charge in [-0.2, -0.15) is 0 Å². The number of benzene rings is 7. The van der Waals surface area contributed by atoms with Crippen LogP contribution in [0.2, 0.25) is 0 Å². The molecule has 236 valence electrons. The van der Waals surface area contributed by atoms with E-state index in [9.17, 15) is 0 Å². The Labute approximate surface area is 295 Å². The van der Waals surface area contributed by atoms with E-state index in [1.165, 1.54) is 81.1 Å². The Balaban J connectivity index is 1.01. The minimum atomic E-state index is 0.746. The van der Waals surface area contributed by atoms with Crippen LogP contribution in [0, 0.1) is 0 Å². The molecule has 0 aliphatic heterocycles. The fourth-order valence-electron chi connectivity index (χ4n) is 8.45. The van der Waals surface area contributed by atoms with Crippen LogP contribution in [0.15, 0.2) is 158 Å². The summed E-state index contributed by atoms with van der Waals surface area (Å²) in [4.78, 5) is 9.77. The van der Waals surface area contributed by atoms with Crippen molar-refractivity contribution in [1.82, 2.24) is 18.9 Å². The minimum absolute atomic E-state index is 0.746. The van der Waals surface area contributed by atoms with Crippen molar-refractivity contribution in [2.45, 2.75) is 0 Å². The average molecular weight is 667 g/mol. The Morgan fingerprint density at radius 2 is 1.00 bits per heavy atom. The first-order chi connectivity index (χ1) is 25.3. The van der Waals surface area contributed by atoms with Crippen LogP contribution in [0.1, 0.15) is 0 Å². The molecule has 0 N–H and O–H groups in total. The first-order valence-corrected chi connectivity index (χ1v) is 18.1. The van der Waals surface area contributed by atoms with Gasteiger partial charge in [0.25, 0.3) is 0 Å². The lowest BCUT2D eigenvalue weighted by molar-refractivity contribution is 1.17. The molecule has 51 heavy (non-hydrogen) atoms. The van der Waals surface area contributed by atoms with Gasteiger partial charge in [0.15, 0.2) is 5.82 Å². The molecule has 12 aromatic rings. The van der Waals surface area contributed by atoms with E-state index in [2.05, 4.69) is 161 Å². The number of para-hydroxylation sites is 3. The van der Waals surface area contributed by atoms with Crippen molar-refractivity contribution in [1.29, 1.82) is 0 Å². The maximum absolute atomic E-state index is 5.02. The molecule has 7 aromatic carbocycles. The number of nitrogens with zero attached hydrogens (tertiary/aromatic N) is 4. The second-order valence-corrected chi connectivity index (χ2v) is 14.5. The zero-order valence-corrected chi connectivity index (χ0v) is 28.0. The highest BCUT2D eigenvalue weighted by atomic mass is 32.1. The van der Waals surface area contributed by atoms with Gasteiger partial charge in [-0.1, -0.05) is 78.9 Å². The number of aromatic nitrogens is 4. The molecule has 0 bridgehead atoms. The quantitative estimate of drug-likeness (QED) is 0.188. The van der Waals surface area contributed by atoms with Gasteiger partial charge in [0.1, 0.15) is 0 Å². The molecule has 0 saturated heterocycles. The van der Waals surface area contributed by atoms with Gasteiger partial charge in [-0.25, -0.2) is 9.97 Å². The van der Waals surface area contributed by atoms with Gasteiger partial charge in [0.2, 0.25) is 0 Å². The SMILES string of the molecule is c1ccc2c(c1)sc1cnc(-c3ccc(-n4c5ccccc5c5cc(-c6cc7c8ccccc8n8c9ccccc9c(c6)c78)ccc54)cc3)nc12. The summed E-state index contributed by atoms with van der Waals surface area (Å²) in [5, 5.41) is 8.84. The van der Waals surface area contributed by atoms with E-state index in [4.69, 9.17) is 9.97 Å². The lowest BCUT2D eigenvalue weighted by Gasteiger charge is -2.10. The Kier molecular flexibility index (Phi) is 5.35. The molecule has 0 spiro atoms. The molecule has 0 saturated carbocycles. The third kappa shape index (κ3) is 3.73. The number of hydrogen-bond acceptors (Lipinski definition) is 3. The van der Waals surface area contributed by atoms with Gasteiger partial charge < -0.3 is 8.97 Å². The summed E-state index contributed by atoms with van der Waals surface area (Å²) < 4.78 is 7.17. The van der Waals surface area contributed by atoms with Crippen LogP contribution in [0.3, 0.4) is 0 Å². The number of rotatable bonds is 3. The van der Waals surface area contributed by atoms with Crippen molar-refractivity contribution in [2.75, 3.05) is 0 Å². The van der Waals surface area contributed by atoms with Gasteiger partial charge in [0.05, 0.1) is 37.8 Å². The molecule has 0 atom stereocenters. The van der Waals surface area contributed by atoms with Crippen molar-refractivity contribution < 1.29 is 0 Å². The monoisotopic (exact) mass is 666 g/mol. The molecule has 12 rings (SSSR count). The third-order valence-corrected chi connectivity index (χ3v) is 11.8. The summed E-state index contributed by atoms with van der Waals surface area (Å²) in [6.45, 7) is 0. The van der Waals surface area contributed by atoms with Crippen molar-refractivity contribution in [2.24, 2.45) is 0 Å². The van der Waals surface area contributed by atoms with Crippen LogP contribution >= 0.6 is 11.3 Å². The predicted molar refractivity (Wildman–Crippen MR) is 215 cm³/mol. The lowest BCUT2D eigenvalue weighted by Crippen LogP contribution is -1.94. The van der Waals surface area contributed by atoms with Crippen molar-refractivity contribution >= 4 is 91.5 Å². The van der Waals surface area contributed by atoms with E-state index in [0.29, 0.717) is 0 Å². The molecular weight excluding hydrogens is 641 g/mol. The van der Waals surface area contributed by atoms with E-state index >= 15 is 0 Å². The number of fused-ring (bicyclic) bond motifs is 12. The first-order valence-electron chi connectivity index (χ1n) is 17.2. The Morgan fingerprint density at radius 3 is 1.73 bits per heavy atom. The summed E-state index contributed by atoms with van der Waals surface area (Å²) >= 11 is 1.74. The van der Waals surface area contributed by atoms with Crippen LogP contribution < -0.4 is 0 Å². The fraction of sp³-hybridized carbons (Fsp3) is 0. The predicted octanol–water partition coefficient (Wildman–Crippen LogP) is 12.4. The smallest absolute Gasteiger partial charge is 0.159 e. The van der Waals surface area contributed by atoms with Crippen LogP contribution in [0.25, 0.3) is 108 Å². The second-order valence-electron chi connectivity index (χ2n) is 13.4. The van der Waals surface area contributed by atoms with Crippen molar-refractivity contribution in [3.8, 4) is 28.2 Å². The Hall–Kier alpha value is -6.56.